The van der Waals surface area contributed by atoms with E-state index in [4.69, 9.17) is 4.74 Å². The zero-order valence-electron chi connectivity index (χ0n) is 15.9. The molecule has 0 saturated carbocycles. The van der Waals surface area contributed by atoms with Gasteiger partial charge in [0.15, 0.2) is 0 Å². The molecule has 0 spiro atoms. The molecule has 1 aliphatic rings. The number of hydrogen-bond donors (Lipinski definition) is 2. The van der Waals surface area contributed by atoms with Gasteiger partial charge in [0.25, 0.3) is 0 Å². The number of nitrogens with one attached hydrogen (secondary N) is 2. The van der Waals surface area contributed by atoms with Gasteiger partial charge in [-0.05, 0) is 40.8 Å². The summed E-state index contributed by atoms with van der Waals surface area (Å²) in [5, 5.41) is 5.85. The Bertz CT molecular complexity index is 830. The monoisotopic (exact) mass is 366 g/mol. The van der Waals surface area contributed by atoms with E-state index in [1.54, 1.807) is 0 Å². The minimum Gasteiger partial charge on any atom is -0.493 e. The van der Waals surface area contributed by atoms with Gasteiger partial charge in [-0.3, -0.25) is 9.59 Å². The maximum absolute atomic E-state index is 12.3. The fraction of sp³-hybridized carbons (Fsp3) is 0.364. The summed E-state index contributed by atoms with van der Waals surface area (Å²) in [6.45, 7) is 5.18. The maximum atomic E-state index is 12.3. The van der Waals surface area contributed by atoms with Crippen LogP contribution in [0, 0.1) is 5.92 Å². The minimum atomic E-state index is -0.0249. The van der Waals surface area contributed by atoms with Gasteiger partial charge in [-0.25, -0.2) is 0 Å². The molecule has 2 aromatic rings. The van der Waals surface area contributed by atoms with Crippen LogP contribution < -0.4 is 15.4 Å². The van der Waals surface area contributed by atoms with Gasteiger partial charge in [-0.1, -0.05) is 38.1 Å². The third kappa shape index (κ3) is 5.58. The second-order valence-corrected chi connectivity index (χ2v) is 7.34. The summed E-state index contributed by atoms with van der Waals surface area (Å²) in [5.74, 6) is 1.23. The molecule has 27 heavy (non-hydrogen) atoms. The highest BCUT2D eigenvalue weighted by Crippen LogP contribution is 2.26. The Kier molecular flexibility index (Phi) is 6.12. The van der Waals surface area contributed by atoms with Crippen LogP contribution in [0.3, 0.4) is 0 Å². The minimum absolute atomic E-state index is 0.00627. The quantitative estimate of drug-likeness (QED) is 0.788. The van der Waals surface area contributed by atoms with Crippen LogP contribution in [0.5, 0.6) is 5.75 Å². The molecule has 0 aliphatic carbocycles. The standard InChI is InChI=1S/C22H26N2O3/c1-15(2)10-22(26)24-19-5-3-4-17(12-19)14-23-21(25)13-16-6-7-20-18(11-16)8-9-27-20/h3-7,11-12,15H,8-10,13-14H2,1-2H3,(H,23,25)(H,24,26). The molecule has 0 bridgehead atoms. The molecular formula is C22H26N2O3. The predicted octanol–water partition coefficient (Wildman–Crippen LogP) is 3.47. The van der Waals surface area contributed by atoms with Crippen LogP contribution in [0.1, 0.15) is 37.0 Å². The molecule has 0 saturated heterocycles. The molecule has 2 N–H and O–H groups in total. The van der Waals surface area contributed by atoms with Gasteiger partial charge in [0, 0.05) is 25.1 Å². The summed E-state index contributed by atoms with van der Waals surface area (Å²) in [5.41, 5.74) is 3.87. The van der Waals surface area contributed by atoms with Crippen molar-refractivity contribution < 1.29 is 14.3 Å². The van der Waals surface area contributed by atoms with Gasteiger partial charge in [-0.15, -0.1) is 0 Å². The number of fused-ring (bicyclic) bond motifs is 1. The van der Waals surface area contributed by atoms with E-state index >= 15 is 0 Å². The third-order valence-electron chi connectivity index (χ3n) is 4.41. The van der Waals surface area contributed by atoms with E-state index in [0.717, 1.165) is 35.6 Å². The van der Waals surface area contributed by atoms with Gasteiger partial charge in [0.2, 0.25) is 11.8 Å². The summed E-state index contributed by atoms with van der Waals surface area (Å²) >= 11 is 0. The number of ether oxygens (including phenoxy) is 1. The van der Waals surface area contributed by atoms with E-state index in [2.05, 4.69) is 10.6 Å². The van der Waals surface area contributed by atoms with Crippen LogP contribution in [0.4, 0.5) is 5.69 Å². The first-order valence-corrected chi connectivity index (χ1v) is 9.39. The number of carbonyl (C=O) groups excluding carboxylic acids is 2. The van der Waals surface area contributed by atoms with Gasteiger partial charge >= 0.3 is 0 Å². The number of anilines is 1. The molecule has 0 fully saturated rings. The molecular weight excluding hydrogens is 340 g/mol. The molecule has 0 radical (unpaired) electrons. The molecule has 0 unspecified atom stereocenters. The Morgan fingerprint density at radius 1 is 1.07 bits per heavy atom. The lowest BCUT2D eigenvalue weighted by molar-refractivity contribution is -0.120. The van der Waals surface area contributed by atoms with E-state index in [9.17, 15) is 9.59 Å². The molecule has 2 aromatic carbocycles. The van der Waals surface area contributed by atoms with E-state index in [1.165, 1.54) is 5.56 Å². The Hall–Kier alpha value is -2.82. The summed E-state index contributed by atoms with van der Waals surface area (Å²) < 4.78 is 5.49. The number of carbonyl (C=O) groups is 2. The molecule has 1 heterocycles. The smallest absolute Gasteiger partial charge is 0.224 e. The molecule has 0 atom stereocenters. The Morgan fingerprint density at radius 3 is 2.74 bits per heavy atom. The van der Waals surface area contributed by atoms with E-state index in [0.29, 0.717) is 25.3 Å². The van der Waals surface area contributed by atoms with E-state index < -0.39 is 0 Å². The SMILES string of the molecule is CC(C)CC(=O)Nc1cccc(CNC(=O)Cc2ccc3c(c2)CCO3)c1. The average Bonchev–Trinajstić information content (AvgIpc) is 3.07. The predicted molar refractivity (Wildman–Crippen MR) is 106 cm³/mol. The lowest BCUT2D eigenvalue weighted by atomic mass is 10.1. The van der Waals surface area contributed by atoms with Crippen LogP contribution in [0.25, 0.3) is 0 Å². The van der Waals surface area contributed by atoms with Gasteiger partial charge in [0.1, 0.15) is 5.75 Å². The van der Waals surface area contributed by atoms with Crippen LogP contribution in [-0.4, -0.2) is 18.4 Å². The fourth-order valence-electron chi connectivity index (χ4n) is 3.14. The molecule has 2 amide bonds. The molecule has 1 aliphatic heterocycles. The molecule has 3 rings (SSSR count). The van der Waals surface area contributed by atoms with Gasteiger partial charge < -0.3 is 15.4 Å². The van der Waals surface area contributed by atoms with Gasteiger partial charge in [-0.2, -0.15) is 0 Å². The van der Waals surface area contributed by atoms with Crippen molar-refractivity contribution in [1.29, 1.82) is 0 Å². The van der Waals surface area contributed by atoms with Crippen molar-refractivity contribution in [2.45, 2.75) is 39.7 Å². The first-order valence-electron chi connectivity index (χ1n) is 9.39. The Morgan fingerprint density at radius 2 is 1.93 bits per heavy atom. The highest BCUT2D eigenvalue weighted by atomic mass is 16.5. The Balaban J connectivity index is 1.51. The largest absolute Gasteiger partial charge is 0.493 e. The lowest BCUT2D eigenvalue weighted by Gasteiger charge is -2.10. The third-order valence-corrected chi connectivity index (χ3v) is 4.41. The van der Waals surface area contributed by atoms with E-state index in [1.807, 2.05) is 56.3 Å². The summed E-state index contributed by atoms with van der Waals surface area (Å²) in [7, 11) is 0. The zero-order valence-corrected chi connectivity index (χ0v) is 15.9. The second kappa shape index (κ2) is 8.71. The number of benzene rings is 2. The summed E-state index contributed by atoms with van der Waals surface area (Å²) in [6, 6.07) is 13.5. The average molecular weight is 366 g/mol. The molecule has 142 valence electrons. The first kappa shape index (κ1) is 19.0. The molecule has 0 aromatic heterocycles. The van der Waals surface area contributed by atoms with Crippen LogP contribution in [-0.2, 0) is 29.0 Å². The van der Waals surface area contributed by atoms with Crippen LogP contribution >= 0.6 is 0 Å². The van der Waals surface area contributed by atoms with Crippen molar-refractivity contribution in [1.82, 2.24) is 5.32 Å². The highest BCUT2D eigenvalue weighted by Gasteiger charge is 2.13. The van der Waals surface area contributed by atoms with Crippen LogP contribution in [0.15, 0.2) is 42.5 Å². The number of hydrogen-bond acceptors (Lipinski definition) is 3. The van der Waals surface area contributed by atoms with E-state index in [-0.39, 0.29) is 11.8 Å². The normalized spacial score (nSPS) is 12.4. The molecule has 5 nitrogen and oxygen atoms in total. The first-order chi connectivity index (χ1) is 13.0. The van der Waals surface area contributed by atoms with Crippen molar-refractivity contribution in [3.05, 3.63) is 59.2 Å². The Labute approximate surface area is 160 Å². The molecule has 5 heteroatoms. The second-order valence-electron chi connectivity index (χ2n) is 7.34. The van der Waals surface area contributed by atoms with Crippen molar-refractivity contribution in [3.8, 4) is 5.75 Å². The van der Waals surface area contributed by atoms with Crippen molar-refractivity contribution in [2.75, 3.05) is 11.9 Å². The summed E-state index contributed by atoms with van der Waals surface area (Å²) in [4.78, 5) is 24.2. The topological polar surface area (TPSA) is 67.4 Å². The zero-order chi connectivity index (χ0) is 19.2. The fourth-order valence-corrected chi connectivity index (χ4v) is 3.14. The number of amides is 2. The van der Waals surface area contributed by atoms with Crippen molar-refractivity contribution in [2.24, 2.45) is 5.92 Å². The van der Waals surface area contributed by atoms with Crippen molar-refractivity contribution >= 4 is 17.5 Å². The van der Waals surface area contributed by atoms with Crippen molar-refractivity contribution in [3.63, 3.8) is 0 Å². The summed E-state index contributed by atoms with van der Waals surface area (Å²) in [6.07, 6.45) is 1.74. The lowest BCUT2D eigenvalue weighted by Crippen LogP contribution is -2.24. The maximum Gasteiger partial charge on any atom is 0.224 e. The number of rotatable bonds is 7. The van der Waals surface area contributed by atoms with Gasteiger partial charge in [0.05, 0.1) is 13.0 Å². The highest BCUT2D eigenvalue weighted by molar-refractivity contribution is 5.90. The van der Waals surface area contributed by atoms with Crippen LogP contribution in [0.2, 0.25) is 0 Å².